The lowest BCUT2D eigenvalue weighted by molar-refractivity contribution is -0.132. The topological polar surface area (TPSA) is 89.5 Å². The fourth-order valence-corrected chi connectivity index (χ4v) is 3.65. The SMILES string of the molecule is CCNC(=NCC(=O)NCCOC)N1CCN(CC(=O)N2CCCCCC2)CC1. The Morgan fingerprint density at radius 3 is 2.24 bits per heavy atom. The zero-order valence-corrected chi connectivity index (χ0v) is 18.1. The van der Waals surface area contributed by atoms with Crippen LogP contribution in [0.5, 0.6) is 0 Å². The van der Waals surface area contributed by atoms with Gasteiger partial charge in [-0.1, -0.05) is 12.8 Å². The van der Waals surface area contributed by atoms with Crippen LogP contribution in [0.1, 0.15) is 32.6 Å². The molecule has 0 saturated carbocycles. The average Bonchev–Trinajstić information content (AvgIpc) is 3.02. The van der Waals surface area contributed by atoms with E-state index in [1.54, 1.807) is 7.11 Å². The molecule has 0 aliphatic carbocycles. The number of carbonyl (C=O) groups excluding carboxylic acids is 2. The van der Waals surface area contributed by atoms with Gasteiger partial charge >= 0.3 is 0 Å². The summed E-state index contributed by atoms with van der Waals surface area (Å²) in [5, 5.41) is 6.05. The molecule has 29 heavy (non-hydrogen) atoms. The summed E-state index contributed by atoms with van der Waals surface area (Å²) < 4.78 is 4.93. The van der Waals surface area contributed by atoms with E-state index in [4.69, 9.17) is 4.74 Å². The highest BCUT2D eigenvalue weighted by molar-refractivity contribution is 5.85. The lowest BCUT2D eigenvalue weighted by Crippen LogP contribution is -2.54. The Morgan fingerprint density at radius 1 is 0.931 bits per heavy atom. The van der Waals surface area contributed by atoms with E-state index in [0.717, 1.165) is 64.6 Å². The van der Waals surface area contributed by atoms with Gasteiger partial charge in [-0.05, 0) is 19.8 Å². The Hall–Kier alpha value is -1.87. The number of rotatable bonds is 8. The molecule has 0 aromatic rings. The summed E-state index contributed by atoms with van der Waals surface area (Å²) in [6.07, 6.45) is 4.72. The molecule has 9 nitrogen and oxygen atoms in total. The predicted octanol–water partition coefficient (Wildman–Crippen LogP) is -0.265. The zero-order chi connectivity index (χ0) is 20.9. The summed E-state index contributed by atoms with van der Waals surface area (Å²) in [6.45, 7) is 9.40. The molecule has 2 amide bonds. The molecule has 2 fully saturated rings. The number of carbonyl (C=O) groups is 2. The molecular formula is C20H38N6O3. The normalized spacial score (nSPS) is 19.0. The first-order valence-corrected chi connectivity index (χ1v) is 10.9. The number of aliphatic imine (C=N–C) groups is 1. The summed E-state index contributed by atoms with van der Waals surface area (Å²) >= 11 is 0. The van der Waals surface area contributed by atoms with Crippen molar-refractivity contribution in [3.8, 4) is 0 Å². The molecular weight excluding hydrogens is 372 g/mol. The quantitative estimate of drug-likeness (QED) is 0.325. The van der Waals surface area contributed by atoms with E-state index in [2.05, 4.69) is 25.4 Å². The van der Waals surface area contributed by atoms with Gasteiger partial charge in [0.1, 0.15) is 6.54 Å². The molecule has 2 rings (SSSR count). The molecule has 0 aromatic carbocycles. The molecule has 2 heterocycles. The molecule has 0 spiro atoms. The number of guanidine groups is 1. The lowest BCUT2D eigenvalue weighted by Gasteiger charge is -2.37. The number of hydrogen-bond acceptors (Lipinski definition) is 5. The fraction of sp³-hybridized carbons (Fsp3) is 0.850. The van der Waals surface area contributed by atoms with Gasteiger partial charge in [-0.25, -0.2) is 4.99 Å². The van der Waals surface area contributed by atoms with Crippen molar-refractivity contribution in [3.63, 3.8) is 0 Å². The minimum Gasteiger partial charge on any atom is -0.383 e. The van der Waals surface area contributed by atoms with E-state index in [0.29, 0.717) is 19.7 Å². The molecule has 2 N–H and O–H groups in total. The summed E-state index contributed by atoms with van der Waals surface area (Å²) in [7, 11) is 1.61. The van der Waals surface area contributed by atoms with Crippen LogP contribution in [0, 0.1) is 0 Å². The molecule has 9 heteroatoms. The van der Waals surface area contributed by atoms with Gasteiger partial charge in [0.15, 0.2) is 5.96 Å². The van der Waals surface area contributed by atoms with Crippen molar-refractivity contribution in [2.24, 2.45) is 4.99 Å². The third kappa shape index (κ3) is 8.57. The maximum atomic E-state index is 12.6. The number of nitrogens with one attached hydrogen (secondary N) is 2. The largest absolute Gasteiger partial charge is 0.383 e. The number of ether oxygens (including phenoxy) is 1. The Kier molecular flexibility index (Phi) is 10.8. The van der Waals surface area contributed by atoms with Gasteiger partial charge in [-0.3, -0.25) is 14.5 Å². The van der Waals surface area contributed by atoms with Crippen LogP contribution in [0.2, 0.25) is 0 Å². The second kappa shape index (κ2) is 13.4. The molecule has 2 aliphatic rings. The predicted molar refractivity (Wildman–Crippen MR) is 114 cm³/mol. The number of hydrogen-bond donors (Lipinski definition) is 2. The van der Waals surface area contributed by atoms with Crippen molar-refractivity contribution in [1.29, 1.82) is 0 Å². The molecule has 0 aromatic heterocycles. The zero-order valence-electron chi connectivity index (χ0n) is 18.1. The van der Waals surface area contributed by atoms with Gasteiger partial charge in [0.05, 0.1) is 13.2 Å². The molecule has 166 valence electrons. The number of likely N-dealkylation sites (tertiary alicyclic amines) is 1. The first-order valence-electron chi connectivity index (χ1n) is 10.9. The van der Waals surface area contributed by atoms with Crippen LogP contribution in [-0.4, -0.2) is 112 Å². The highest BCUT2D eigenvalue weighted by atomic mass is 16.5. The van der Waals surface area contributed by atoms with Gasteiger partial charge in [-0.15, -0.1) is 0 Å². The van der Waals surface area contributed by atoms with Crippen LogP contribution >= 0.6 is 0 Å². The smallest absolute Gasteiger partial charge is 0.241 e. The molecule has 0 radical (unpaired) electrons. The van der Waals surface area contributed by atoms with E-state index in [9.17, 15) is 9.59 Å². The minimum absolute atomic E-state index is 0.0969. The maximum Gasteiger partial charge on any atom is 0.241 e. The first kappa shape index (κ1) is 23.4. The molecule has 2 aliphatic heterocycles. The van der Waals surface area contributed by atoms with Crippen molar-refractivity contribution in [2.75, 3.05) is 79.2 Å². The third-order valence-electron chi connectivity index (χ3n) is 5.33. The molecule has 2 saturated heterocycles. The third-order valence-corrected chi connectivity index (χ3v) is 5.33. The number of amides is 2. The molecule has 0 atom stereocenters. The van der Waals surface area contributed by atoms with Gasteiger partial charge in [0.25, 0.3) is 0 Å². The number of nitrogens with zero attached hydrogens (tertiary/aromatic N) is 4. The number of methoxy groups -OCH3 is 1. The monoisotopic (exact) mass is 410 g/mol. The van der Waals surface area contributed by atoms with Crippen LogP contribution in [-0.2, 0) is 14.3 Å². The van der Waals surface area contributed by atoms with Crippen LogP contribution in [0.4, 0.5) is 0 Å². The summed E-state index contributed by atoms with van der Waals surface area (Å²) in [4.78, 5) is 35.4. The van der Waals surface area contributed by atoms with Gasteiger partial charge in [0, 0.05) is 59.5 Å². The van der Waals surface area contributed by atoms with E-state index in [1.165, 1.54) is 12.8 Å². The van der Waals surface area contributed by atoms with E-state index in [1.807, 2.05) is 11.8 Å². The maximum absolute atomic E-state index is 12.6. The molecule has 0 unspecified atom stereocenters. The second-order valence-corrected chi connectivity index (χ2v) is 7.57. The Bertz CT molecular complexity index is 526. The minimum atomic E-state index is -0.112. The Labute approximate surface area is 174 Å². The average molecular weight is 411 g/mol. The lowest BCUT2D eigenvalue weighted by atomic mass is 10.2. The van der Waals surface area contributed by atoms with E-state index in [-0.39, 0.29) is 18.4 Å². The number of piperazine rings is 1. The van der Waals surface area contributed by atoms with Gasteiger partial charge in [-0.2, -0.15) is 0 Å². The van der Waals surface area contributed by atoms with Crippen LogP contribution in [0.25, 0.3) is 0 Å². The summed E-state index contributed by atoms with van der Waals surface area (Å²) in [6, 6.07) is 0. The van der Waals surface area contributed by atoms with Crippen LogP contribution < -0.4 is 10.6 Å². The van der Waals surface area contributed by atoms with Gasteiger partial charge in [0.2, 0.25) is 11.8 Å². The van der Waals surface area contributed by atoms with E-state index >= 15 is 0 Å². The highest BCUT2D eigenvalue weighted by Crippen LogP contribution is 2.11. The fourth-order valence-electron chi connectivity index (χ4n) is 3.65. The Morgan fingerprint density at radius 2 is 1.62 bits per heavy atom. The van der Waals surface area contributed by atoms with Crippen molar-refractivity contribution >= 4 is 17.8 Å². The first-order chi connectivity index (χ1) is 14.1. The standard InChI is InChI=1S/C20H38N6O3/c1-3-21-20(23-16-18(27)22-8-15-29-2)26-13-11-24(12-14-26)17-19(28)25-9-6-4-5-7-10-25/h3-17H2,1-2H3,(H,21,23)(H,22,27). The van der Waals surface area contributed by atoms with Crippen LogP contribution in [0.15, 0.2) is 4.99 Å². The van der Waals surface area contributed by atoms with Crippen molar-refractivity contribution in [3.05, 3.63) is 0 Å². The van der Waals surface area contributed by atoms with Crippen molar-refractivity contribution in [1.82, 2.24) is 25.3 Å². The van der Waals surface area contributed by atoms with Crippen molar-refractivity contribution in [2.45, 2.75) is 32.6 Å². The van der Waals surface area contributed by atoms with Crippen molar-refractivity contribution < 1.29 is 14.3 Å². The summed E-state index contributed by atoms with van der Waals surface area (Å²) in [5.74, 6) is 0.903. The Balaban J connectivity index is 1.77. The molecule has 0 bridgehead atoms. The second-order valence-electron chi connectivity index (χ2n) is 7.57. The highest BCUT2D eigenvalue weighted by Gasteiger charge is 2.23. The summed E-state index contributed by atoms with van der Waals surface area (Å²) in [5.41, 5.74) is 0. The van der Waals surface area contributed by atoms with Crippen LogP contribution in [0.3, 0.4) is 0 Å². The van der Waals surface area contributed by atoms with Gasteiger partial charge < -0.3 is 25.2 Å². The van der Waals surface area contributed by atoms with E-state index < -0.39 is 0 Å².